The standard InChI is InChI=1S/C32H45NO4S2/c1-18(34)25-17-39-38-16-21-15-31(14-20(21)10-19-6-5-7-23(11-19)33-25)9-8-22-12-24-28-26(35)13-27(37-4)32(28,36)29(22,2)30(24,31)3/h5-7,11,13,18,20-22,24-25,27-28,33-36H,8-10,12,14-17H2,1-4H3/t18-,20+,21-,22+,24-,25-,27+,28+,29-,30-,31-,32+/m0/s1. The smallest absolute Gasteiger partial charge is 0.111 e. The van der Waals surface area contributed by atoms with Crippen LogP contribution in [0.4, 0.5) is 5.69 Å². The minimum Gasteiger partial charge on any atom is -0.512 e. The Balaban J connectivity index is 1.26. The molecule has 0 saturated heterocycles. The summed E-state index contributed by atoms with van der Waals surface area (Å²) in [7, 11) is 5.57. The van der Waals surface area contributed by atoms with Crippen LogP contribution in [0.5, 0.6) is 0 Å². The van der Waals surface area contributed by atoms with Gasteiger partial charge >= 0.3 is 0 Å². The van der Waals surface area contributed by atoms with Crippen LogP contribution < -0.4 is 5.32 Å². The van der Waals surface area contributed by atoms with Gasteiger partial charge in [0.25, 0.3) is 0 Å². The van der Waals surface area contributed by atoms with Crippen LogP contribution in [0.25, 0.3) is 0 Å². The second kappa shape index (κ2) is 9.07. The Kier molecular flexibility index (Phi) is 6.28. The molecule has 6 aliphatic rings. The van der Waals surface area contributed by atoms with Crippen molar-refractivity contribution in [1.29, 1.82) is 0 Å². The van der Waals surface area contributed by atoms with E-state index in [1.165, 1.54) is 31.2 Å². The van der Waals surface area contributed by atoms with Crippen LogP contribution in [-0.2, 0) is 11.2 Å². The van der Waals surface area contributed by atoms with E-state index in [9.17, 15) is 15.3 Å². The van der Waals surface area contributed by atoms with Gasteiger partial charge in [0.05, 0.1) is 23.8 Å². The second-order valence-corrected chi connectivity index (χ2v) is 16.8. The van der Waals surface area contributed by atoms with Gasteiger partial charge in [0.15, 0.2) is 0 Å². The van der Waals surface area contributed by atoms with Crippen molar-refractivity contribution in [2.24, 2.45) is 45.8 Å². The molecule has 1 aromatic rings. The molecular formula is C32H45NO4S2. The van der Waals surface area contributed by atoms with E-state index in [0.29, 0.717) is 29.4 Å². The molecule has 1 aromatic carbocycles. The molecule has 0 aromatic heterocycles. The topological polar surface area (TPSA) is 82.0 Å². The molecule has 0 unspecified atom stereocenters. The van der Waals surface area contributed by atoms with Crippen molar-refractivity contribution in [2.75, 3.05) is 23.9 Å². The van der Waals surface area contributed by atoms with Crippen LogP contribution in [0, 0.1) is 45.8 Å². The highest BCUT2D eigenvalue weighted by Crippen LogP contribution is 2.87. The maximum atomic E-state index is 12.6. The molecule has 0 radical (unpaired) electrons. The molecule has 7 rings (SSSR count). The quantitative estimate of drug-likeness (QED) is 0.321. The van der Waals surface area contributed by atoms with E-state index in [2.05, 4.69) is 43.4 Å². The first-order valence-corrected chi connectivity index (χ1v) is 17.5. The van der Waals surface area contributed by atoms with E-state index < -0.39 is 17.8 Å². The number of methoxy groups -OCH3 is 1. The highest BCUT2D eigenvalue weighted by Gasteiger charge is 2.87. The number of hydrogen-bond donors (Lipinski definition) is 4. The summed E-state index contributed by atoms with van der Waals surface area (Å²) in [5.41, 5.74) is 1.29. The lowest BCUT2D eigenvalue weighted by molar-refractivity contribution is -0.218. The number of nitrogens with one attached hydrogen (secondary N) is 1. The van der Waals surface area contributed by atoms with Crippen LogP contribution in [0.15, 0.2) is 36.1 Å². The van der Waals surface area contributed by atoms with Crippen LogP contribution in [0.3, 0.4) is 0 Å². The fourth-order valence-electron chi connectivity index (χ4n) is 11.4. The van der Waals surface area contributed by atoms with Gasteiger partial charge in [0.1, 0.15) is 11.7 Å². The Bertz CT molecular complexity index is 1180. The van der Waals surface area contributed by atoms with Crippen LogP contribution in [0.2, 0.25) is 0 Å². The lowest BCUT2D eigenvalue weighted by atomic mass is 9.44. The summed E-state index contributed by atoms with van der Waals surface area (Å²) in [5.74, 6) is 4.16. The van der Waals surface area contributed by atoms with Gasteiger partial charge in [0.2, 0.25) is 0 Å². The van der Waals surface area contributed by atoms with Crippen molar-refractivity contribution < 1.29 is 20.1 Å². The average molecular weight is 572 g/mol. The number of fused-ring (bicyclic) bond motifs is 5. The molecule has 4 N–H and O–H groups in total. The van der Waals surface area contributed by atoms with E-state index >= 15 is 0 Å². The third kappa shape index (κ3) is 3.34. The summed E-state index contributed by atoms with van der Waals surface area (Å²) >= 11 is 0. The van der Waals surface area contributed by atoms with E-state index in [4.69, 9.17) is 4.74 Å². The third-order valence-electron chi connectivity index (χ3n) is 13.2. The van der Waals surface area contributed by atoms with Crippen molar-refractivity contribution in [1.82, 2.24) is 0 Å². The van der Waals surface area contributed by atoms with Gasteiger partial charge in [-0.2, -0.15) is 0 Å². The largest absolute Gasteiger partial charge is 0.512 e. The minimum atomic E-state index is -1.03. The predicted molar refractivity (Wildman–Crippen MR) is 160 cm³/mol. The van der Waals surface area contributed by atoms with Gasteiger partial charge in [-0.1, -0.05) is 47.6 Å². The molecule has 4 saturated carbocycles. The Labute approximate surface area is 241 Å². The monoisotopic (exact) mass is 571 g/mol. The number of anilines is 1. The van der Waals surface area contributed by atoms with E-state index in [1.807, 2.05) is 34.6 Å². The summed E-state index contributed by atoms with van der Waals surface area (Å²) in [6, 6.07) is 8.89. The fourth-order valence-corrected chi connectivity index (χ4v) is 14.2. The van der Waals surface area contributed by atoms with E-state index in [0.717, 1.165) is 30.0 Å². The number of hydrogen-bond acceptors (Lipinski definition) is 7. The maximum absolute atomic E-state index is 12.6. The molecule has 5 nitrogen and oxygen atoms in total. The highest BCUT2D eigenvalue weighted by atomic mass is 33.1. The Morgan fingerprint density at radius 1 is 1.10 bits per heavy atom. The molecule has 7 heteroatoms. The molecule has 6 bridgehead atoms. The van der Waals surface area contributed by atoms with Crippen LogP contribution in [-0.4, -0.2) is 57.8 Å². The van der Waals surface area contributed by atoms with Gasteiger partial charge in [-0.05, 0) is 104 Å². The van der Waals surface area contributed by atoms with Gasteiger partial charge in [-0.25, -0.2) is 0 Å². The van der Waals surface area contributed by atoms with Crippen LogP contribution >= 0.6 is 21.6 Å². The fraction of sp³-hybridized carbons (Fsp3) is 0.750. The number of rotatable bonds is 2. The first-order chi connectivity index (χ1) is 18.6. The van der Waals surface area contributed by atoms with Crippen LogP contribution in [0.1, 0.15) is 58.4 Å². The zero-order valence-corrected chi connectivity index (χ0v) is 25.4. The molecular weight excluding hydrogens is 526 g/mol. The Morgan fingerprint density at radius 2 is 1.87 bits per heavy atom. The first-order valence-electron chi connectivity index (χ1n) is 15.0. The zero-order chi connectivity index (χ0) is 27.4. The molecule has 5 aliphatic carbocycles. The molecule has 1 aliphatic heterocycles. The Hall–Kier alpha value is -0.860. The normalized spacial score (nSPS) is 50.9. The number of aliphatic hydroxyl groups excluding tert-OH is 2. The minimum absolute atomic E-state index is 0.0285. The molecule has 1 spiro atoms. The van der Waals surface area contributed by atoms with E-state index in [-0.39, 0.29) is 28.2 Å². The molecule has 1 heterocycles. The molecule has 0 amide bonds. The zero-order valence-electron chi connectivity index (χ0n) is 23.7. The van der Waals surface area contributed by atoms with Gasteiger partial charge in [-0.15, -0.1) is 0 Å². The van der Waals surface area contributed by atoms with Gasteiger partial charge in [-0.3, -0.25) is 0 Å². The predicted octanol–water partition coefficient (Wildman–Crippen LogP) is 6.07. The number of ether oxygens (including phenoxy) is 1. The molecule has 4 fully saturated rings. The van der Waals surface area contributed by atoms with Crippen molar-refractivity contribution in [3.05, 3.63) is 41.7 Å². The maximum Gasteiger partial charge on any atom is 0.111 e. The SMILES string of the molecule is CO[C@@H]1C=C(O)[C@H]2[C@@H]3C[C@H]4CC[C@]5(C[C@H]6CSSC[C@@H]([C@H](C)O)Nc7cccc(c7)C[C@@H]6C5)[C@]3(C)[C@@]4(C)[C@@]12O. The van der Waals surface area contributed by atoms with Crippen molar-refractivity contribution >= 4 is 27.3 Å². The summed E-state index contributed by atoms with van der Waals surface area (Å²) in [4.78, 5) is 0. The summed E-state index contributed by atoms with van der Waals surface area (Å²) < 4.78 is 5.89. The average Bonchev–Trinajstić information content (AvgIpc) is 3.48. The lowest BCUT2D eigenvalue weighted by Gasteiger charge is -2.61. The van der Waals surface area contributed by atoms with Crippen molar-refractivity contribution in [3.8, 4) is 0 Å². The third-order valence-corrected chi connectivity index (χ3v) is 15.8. The van der Waals surface area contributed by atoms with Crippen molar-refractivity contribution in [2.45, 2.75) is 83.1 Å². The van der Waals surface area contributed by atoms with Gasteiger partial charge < -0.3 is 25.4 Å². The van der Waals surface area contributed by atoms with Gasteiger partial charge in [0, 0.05) is 29.7 Å². The highest BCUT2D eigenvalue weighted by molar-refractivity contribution is 8.76. The summed E-state index contributed by atoms with van der Waals surface area (Å²) in [6.07, 6.45) is 7.98. The summed E-state index contributed by atoms with van der Waals surface area (Å²) in [5, 5.41) is 37.8. The molecule has 12 atom stereocenters. The lowest BCUT2D eigenvalue weighted by Crippen LogP contribution is -2.64. The first kappa shape index (κ1) is 27.0. The molecule has 214 valence electrons. The number of benzene rings is 1. The van der Waals surface area contributed by atoms with Crippen molar-refractivity contribution in [3.63, 3.8) is 0 Å². The van der Waals surface area contributed by atoms with E-state index in [1.54, 1.807) is 7.11 Å². The second-order valence-electron chi connectivity index (χ2n) is 14.2. The Morgan fingerprint density at radius 3 is 2.64 bits per heavy atom. The number of aliphatic hydroxyl groups is 3. The molecule has 39 heavy (non-hydrogen) atoms. The summed E-state index contributed by atoms with van der Waals surface area (Å²) in [6.45, 7) is 6.77.